The Bertz CT molecular complexity index is 1100. The van der Waals surface area contributed by atoms with Gasteiger partial charge in [-0.25, -0.2) is 9.37 Å². The van der Waals surface area contributed by atoms with Crippen LogP contribution in [-0.2, 0) is 0 Å². The van der Waals surface area contributed by atoms with Crippen molar-refractivity contribution >= 4 is 23.8 Å². The average molecular weight is 381 g/mol. The number of nitrogens with zero attached hydrogens (tertiary/aromatic N) is 3. The molecule has 27 heavy (non-hydrogen) atoms. The molecular weight excluding hydrogens is 367 g/mol. The van der Waals surface area contributed by atoms with Gasteiger partial charge in [0, 0.05) is 16.1 Å². The molecule has 0 aliphatic carbocycles. The van der Waals surface area contributed by atoms with Crippen LogP contribution in [0.25, 0.3) is 22.6 Å². The molecule has 4 aromatic rings. The Morgan fingerprint density at radius 3 is 2.44 bits per heavy atom. The van der Waals surface area contributed by atoms with Crippen molar-refractivity contribution in [3.05, 3.63) is 83.5 Å². The van der Waals surface area contributed by atoms with Gasteiger partial charge in [0.05, 0.1) is 18.1 Å². The second-order valence-corrected chi connectivity index (χ2v) is 6.21. The molecule has 0 saturated heterocycles. The Labute approximate surface area is 159 Å². The number of aromatic nitrogens is 2. The van der Waals surface area contributed by atoms with Crippen LogP contribution in [0.15, 0.2) is 76.4 Å². The lowest BCUT2D eigenvalue weighted by Gasteiger charge is -2.03. The van der Waals surface area contributed by atoms with Crippen LogP contribution < -0.4 is 5.73 Å². The highest BCUT2D eigenvalue weighted by Crippen LogP contribution is 2.24. The molecule has 0 radical (unpaired) electrons. The van der Waals surface area contributed by atoms with Gasteiger partial charge in [0.2, 0.25) is 5.95 Å². The molecule has 7 heteroatoms. The number of hydrogen-bond acceptors (Lipinski definition) is 4. The molecular formula is C20H14ClFN4O. The van der Waals surface area contributed by atoms with Crippen LogP contribution in [0.2, 0.25) is 5.02 Å². The van der Waals surface area contributed by atoms with E-state index in [-0.39, 0.29) is 11.8 Å². The summed E-state index contributed by atoms with van der Waals surface area (Å²) >= 11 is 5.94. The maximum absolute atomic E-state index is 13.0. The fourth-order valence-electron chi connectivity index (χ4n) is 2.61. The van der Waals surface area contributed by atoms with Gasteiger partial charge >= 0.3 is 0 Å². The quantitative estimate of drug-likeness (QED) is 0.503. The third kappa shape index (κ3) is 3.61. The highest BCUT2D eigenvalue weighted by atomic mass is 35.5. The van der Waals surface area contributed by atoms with E-state index in [4.69, 9.17) is 21.8 Å². The average Bonchev–Trinajstić information content (AvgIpc) is 3.28. The summed E-state index contributed by atoms with van der Waals surface area (Å²) in [5.41, 5.74) is 8.32. The summed E-state index contributed by atoms with van der Waals surface area (Å²) in [7, 11) is 0. The Morgan fingerprint density at radius 1 is 1.00 bits per heavy atom. The molecule has 0 saturated carbocycles. The van der Waals surface area contributed by atoms with Crippen LogP contribution in [0, 0.1) is 5.82 Å². The van der Waals surface area contributed by atoms with Crippen LogP contribution in [0.3, 0.4) is 0 Å². The first-order valence-electron chi connectivity index (χ1n) is 8.09. The third-order valence-electron chi connectivity index (χ3n) is 3.96. The summed E-state index contributed by atoms with van der Waals surface area (Å²) in [6.45, 7) is 0. The SMILES string of the molecule is Nc1ncc(-c2ccc(Cl)cc2)n1N=Cc1ccc(-c2ccc(F)cc2)o1. The molecule has 2 aromatic carbocycles. The van der Waals surface area contributed by atoms with E-state index in [1.165, 1.54) is 16.8 Å². The number of nitrogens with two attached hydrogens (primary N) is 1. The molecule has 0 fully saturated rings. The summed E-state index contributed by atoms with van der Waals surface area (Å²) in [4.78, 5) is 4.12. The van der Waals surface area contributed by atoms with Crippen molar-refractivity contribution in [1.82, 2.24) is 9.66 Å². The molecule has 0 bridgehead atoms. The number of halogens is 2. The fourth-order valence-corrected chi connectivity index (χ4v) is 2.73. The summed E-state index contributed by atoms with van der Waals surface area (Å²) in [6.07, 6.45) is 3.19. The third-order valence-corrected chi connectivity index (χ3v) is 4.21. The minimum atomic E-state index is -0.294. The molecule has 0 amide bonds. The predicted molar refractivity (Wildman–Crippen MR) is 104 cm³/mol. The van der Waals surface area contributed by atoms with Crippen molar-refractivity contribution in [3.8, 4) is 22.6 Å². The second-order valence-electron chi connectivity index (χ2n) is 5.77. The molecule has 2 aromatic heterocycles. The first-order valence-corrected chi connectivity index (χ1v) is 8.47. The normalized spacial score (nSPS) is 11.3. The zero-order chi connectivity index (χ0) is 18.8. The van der Waals surface area contributed by atoms with E-state index in [0.29, 0.717) is 16.5 Å². The number of anilines is 1. The standard InChI is InChI=1S/C20H14ClFN4O/c21-15-5-1-13(2-6-15)18-12-24-20(23)26(18)25-11-17-9-10-19(27-17)14-3-7-16(22)8-4-14/h1-12H,(H2,23,24). The highest BCUT2D eigenvalue weighted by molar-refractivity contribution is 6.30. The van der Waals surface area contributed by atoms with Gasteiger partial charge in [-0.15, -0.1) is 0 Å². The summed E-state index contributed by atoms with van der Waals surface area (Å²) in [6, 6.07) is 17.0. The van der Waals surface area contributed by atoms with E-state index in [0.717, 1.165) is 16.8 Å². The van der Waals surface area contributed by atoms with Crippen molar-refractivity contribution in [2.24, 2.45) is 5.10 Å². The van der Waals surface area contributed by atoms with Crippen molar-refractivity contribution < 1.29 is 8.81 Å². The highest BCUT2D eigenvalue weighted by Gasteiger charge is 2.09. The lowest BCUT2D eigenvalue weighted by molar-refractivity contribution is 0.573. The van der Waals surface area contributed by atoms with Crippen LogP contribution in [-0.4, -0.2) is 15.9 Å². The number of rotatable bonds is 4. The van der Waals surface area contributed by atoms with Gasteiger partial charge in [-0.2, -0.15) is 9.78 Å². The second kappa shape index (κ2) is 7.09. The molecule has 0 spiro atoms. The number of furan rings is 1. The molecule has 134 valence electrons. The van der Waals surface area contributed by atoms with Gasteiger partial charge in [-0.3, -0.25) is 0 Å². The number of hydrogen-bond donors (Lipinski definition) is 1. The smallest absolute Gasteiger partial charge is 0.221 e. The molecule has 0 unspecified atom stereocenters. The van der Waals surface area contributed by atoms with Crippen molar-refractivity contribution in [2.75, 3.05) is 5.73 Å². The minimum Gasteiger partial charge on any atom is -0.455 e. The van der Waals surface area contributed by atoms with Gasteiger partial charge in [0.1, 0.15) is 17.3 Å². The zero-order valence-electron chi connectivity index (χ0n) is 14.0. The summed E-state index contributed by atoms with van der Waals surface area (Å²) in [5.74, 6) is 1.11. The van der Waals surface area contributed by atoms with Gasteiger partial charge in [0.25, 0.3) is 0 Å². The van der Waals surface area contributed by atoms with Gasteiger partial charge < -0.3 is 10.2 Å². The van der Waals surface area contributed by atoms with Crippen LogP contribution in [0.5, 0.6) is 0 Å². The molecule has 2 heterocycles. The first-order chi connectivity index (χ1) is 13.1. The van der Waals surface area contributed by atoms with E-state index >= 15 is 0 Å². The Morgan fingerprint density at radius 2 is 1.70 bits per heavy atom. The van der Waals surface area contributed by atoms with Crippen LogP contribution in [0.4, 0.5) is 10.3 Å². The van der Waals surface area contributed by atoms with E-state index < -0.39 is 0 Å². The lowest BCUT2D eigenvalue weighted by atomic mass is 10.2. The topological polar surface area (TPSA) is 69.3 Å². The Kier molecular flexibility index (Phi) is 4.48. The number of imidazole rings is 1. The molecule has 2 N–H and O–H groups in total. The number of nitrogen functional groups attached to an aromatic ring is 1. The first kappa shape index (κ1) is 17.1. The van der Waals surface area contributed by atoms with Crippen molar-refractivity contribution in [2.45, 2.75) is 0 Å². The molecule has 5 nitrogen and oxygen atoms in total. The van der Waals surface area contributed by atoms with Crippen LogP contribution in [0.1, 0.15) is 5.76 Å². The van der Waals surface area contributed by atoms with E-state index in [1.54, 1.807) is 48.8 Å². The maximum Gasteiger partial charge on any atom is 0.221 e. The van der Waals surface area contributed by atoms with E-state index in [1.807, 2.05) is 12.1 Å². The van der Waals surface area contributed by atoms with E-state index in [2.05, 4.69) is 10.1 Å². The molecule has 0 aliphatic rings. The molecule has 0 aliphatic heterocycles. The Hall–Kier alpha value is -3.38. The molecule has 4 rings (SSSR count). The lowest BCUT2D eigenvalue weighted by Crippen LogP contribution is -1.99. The minimum absolute atomic E-state index is 0.251. The maximum atomic E-state index is 13.0. The largest absolute Gasteiger partial charge is 0.455 e. The molecule has 0 atom stereocenters. The fraction of sp³-hybridized carbons (Fsp3) is 0. The summed E-state index contributed by atoms with van der Waals surface area (Å²) in [5, 5.41) is 5.02. The van der Waals surface area contributed by atoms with E-state index in [9.17, 15) is 4.39 Å². The zero-order valence-corrected chi connectivity index (χ0v) is 14.8. The monoisotopic (exact) mass is 380 g/mol. The van der Waals surface area contributed by atoms with Crippen molar-refractivity contribution in [3.63, 3.8) is 0 Å². The predicted octanol–water partition coefficient (Wildman–Crippen LogP) is 5.07. The van der Waals surface area contributed by atoms with Crippen LogP contribution >= 0.6 is 11.6 Å². The van der Waals surface area contributed by atoms with Crippen molar-refractivity contribution in [1.29, 1.82) is 0 Å². The number of benzene rings is 2. The Balaban J connectivity index is 1.61. The van der Waals surface area contributed by atoms with Gasteiger partial charge in [-0.05, 0) is 48.5 Å². The summed E-state index contributed by atoms with van der Waals surface area (Å²) < 4.78 is 20.3. The van der Waals surface area contributed by atoms with Gasteiger partial charge in [-0.1, -0.05) is 23.7 Å². The van der Waals surface area contributed by atoms with Gasteiger partial charge in [0.15, 0.2) is 0 Å².